The first kappa shape index (κ1) is 16.7. The van der Waals surface area contributed by atoms with Crippen LogP contribution in [0.1, 0.15) is 5.56 Å². The number of nitrogens with zero attached hydrogens (tertiary/aromatic N) is 3. The fourth-order valence-corrected chi connectivity index (χ4v) is 2.87. The average Bonchev–Trinajstić information content (AvgIpc) is 2.58. The molecule has 6 heteroatoms. The highest BCUT2D eigenvalue weighted by Crippen LogP contribution is 2.19. The highest BCUT2D eigenvalue weighted by molar-refractivity contribution is 6.30. The summed E-state index contributed by atoms with van der Waals surface area (Å²) in [4.78, 5) is 20.8. The quantitative estimate of drug-likeness (QED) is 0.926. The Labute approximate surface area is 147 Å². The zero-order valence-corrected chi connectivity index (χ0v) is 14.5. The number of nitrogens with one attached hydrogen (secondary N) is 1. The molecule has 0 atom stereocenters. The lowest BCUT2D eigenvalue weighted by Crippen LogP contribution is -2.48. The minimum absolute atomic E-state index is 0.0219. The molecule has 0 bridgehead atoms. The summed E-state index contributed by atoms with van der Waals surface area (Å²) in [6.07, 6.45) is 1.75. The van der Waals surface area contributed by atoms with Crippen molar-refractivity contribution in [3.05, 3.63) is 53.2 Å². The summed E-state index contributed by atoms with van der Waals surface area (Å²) in [6, 6.07) is 11.7. The molecule has 1 saturated heterocycles. The Hall–Kier alpha value is -2.11. The van der Waals surface area contributed by atoms with Crippen molar-refractivity contribution in [2.45, 2.75) is 6.92 Å². The first-order valence-electron chi connectivity index (χ1n) is 8.05. The van der Waals surface area contributed by atoms with Crippen LogP contribution in [0.5, 0.6) is 0 Å². The molecular formula is C18H21ClN4O. The van der Waals surface area contributed by atoms with E-state index in [0.29, 0.717) is 12.4 Å². The smallest absolute Gasteiger partial charge is 0.239 e. The monoisotopic (exact) mass is 344 g/mol. The molecule has 2 aromatic rings. The number of amides is 1. The van der Waals surface area contributed by atoms with E-state index < -0.39 is 0 Å². The summed E-state index contributed by atoms with van der Waals surface area (Å²) in [6.45, 7) is 5.88. The van der Waals surface area contributed by atoms with Gasteiger partial charge in [0, 0.05) is 43.1 Å². The number of piperazine rings is 1. The number of benzene rings is 1. The molecule has 1 aromatic heterocycles. The van der Waals surface area contributed by atoms with Gasteiger partial charge in [0.1, 0.15) is 5.82 Å². The van der Waals surface area contributed by atoms with Crippen LogP contribution in [0.3, 0.4) is 0 Å². The van der Waals surface area contributed by atoms with Gasteiger partial charge in [0.2, 0.25) is 5.91 Å². The minimum atomic E-state index is -0.0219. The number of carbonyl (C=O) groups excluding carboxylic acids is 1. The van der Waals surface area contributed by atoms with Crippen molar-refractivity contribution in [3.8, 4) is 0 Å². The third-order valence-corrected chi connectivity index (χ3v) is 4.36. The molecule has 5 nitrogen and oxygen atoms in total. The number of pyridine rings is 1. The SMILES string of the molecule is Cc1ccc(NC(=O)CN2CCN(c3ccc(Cl)cc3)CC2)nc1. The zero-order chi connectivity index (χ0) is 16.9. The Morgan fingerprint density at radius 2 is 1.83 bits per heavy atom. The van der Waals surface area contributed by atoms with Gasteiger partial charge in [0.05, 0.1) is 6.54 Å². The molecule has 1 N–H and O–H groups in total. The van der Waals surface area contributed by atoms with Crippen molar-refractivity contribution in [2.24, 2.45) is 0 Å². The van der Waals surface area contributed by atoms with E-state index in [-0.39, 0.29) is 5.91 Å². The molecule has 24 heavy (non-hydrogen) atoms. The molecule has 2 heterocycles. The topological polar surface area (TPSA) is 48.5 Å². The number of rotatable bonds is 4. The molecule has 0 saturated carbocycles. The van der Waals surface area contributed by atoms with Crippen LogP contribution < -0.4 is 10.2 Å². The van der Waals surface area contributed by atoms with Gasteiger partial charge in [-0.05, 0) is 42.8 Å². The highest BCUT2D eigenvalue weighted by Gasteiger charge is 2.19. The van der Waals surface area contributed by atoms with Gasteiger partial charge in [-0.15, -0.1) is 0 Å². The third-order valence-electron chi connectivity index (χ3n) is 4.11. The fourth-order valence-electron chi connectivity index (χ4n) is 2.74. The maximum absolute atomic E-state index is 12.1. The molecule has 0 spiro atoms. The summed E-state index contributed by atoms with van der Waals surface area (Å²) in [5.74, 6) is 0.580. The summed E-state index contributed by atoms with van der Waals surface area (Å²) < 4.78 is 0. The number of hydrogen-bond donors (Lipinski definition) is 1. The average molecular weight is 345 g/mol. The number of hydrogen-bond acceptors (Lipinski definition) is 4. The Bertz CT molecular complexity index is 679. The second kappa shape index (κ2) is 7.64. The number of aryl methyl sites for hydroxylation is 1. The van der Waals surface area contributed by atoms with Gasteiger partial charge in [-0.2, -0.15) is 0 Å². The Morgan fingerprint density at radius 3 is 2.46 bits per heavy atom. The van der Waals surface area contributed by atoms with Crippen LogP contribution in [0.15, 0.2) is 42.6 Å². The molecule has 0 radical (unpaired) electrons. The Balaban J connectivity index is 1.47. The third kappa shape index (κ3) is 4.46. The van der Waals surface area contributed by atoms with E-state index in [1.165, 1.54) is 5.69 Å². The predicted molar refractivity (Wildman–Crippen MR) is 97.7 cm³/mol. The molecular weight excluding hydrogens is 324 g/mol. The Kier molecular flexibility index (Phi) is 5.33. The second-order valence-electron chi connectivity index (χ2n) is 6.01. The van der Waals surface area contributed by atoms with E-state index >= 15 is 0 Å². The molecule has 0 aliphatic carbocycles. The molecule has 1 aliphatic rings. The van der Waals surface area contributed by atoms with Crippen molar-refractivity contribution in [1.82, 2.24) is 9.88 Å². The summed E-state index contributed by atoms with van der Waals surface area (Å²) in [7, 11) is 0. The van der Waals surface area contributed by atoms with E-state index in [2.05, 4.69) is 20.1 Å². The van der Waals surface area contributed by atoms with Crippen LogP contribution in [0.4, 0.5) is 11.5 Å². The van der Waals surface area contributed by atoms with Gasteiger partial charge < -0.3 is 10.2 Å². The molecule has 1 aromatic carbocycles. The molecule has 1 fully saturated rings. The summed E-state index contributed by atoms with van der Waals surface area (Å²) >= 11 is 5.93. The van der Waals surface area contributed by atoms with Gasteiger partial charge >= 0.3 is 0 Å². The minimum Gasteiger partial charge on any atom is -0.369 e. The lowest BCUT2D eigenvalue weighted by atomic mass is 10.2. The standard InChI is InChI=1S/C18H21ClN4O/c1-14-2-7-17(20-12-14)21-18(24)13-22-8-10-23(11-9-22)16-5-3-15(19)4-6-16/h2-7,12H,8-11,13H2,1H3,(H,20,21,24). The molecule has 1 aliphatic heterocycles. The first-order valence-corrected chi connectivity index (χ1v) is 8.43. The number of halogens is 1. The van der Waals surface area contributed by atoms with E-state index in [1.54, 1.807) is 6.20 Å². The molecule has 1 amide bonds. The van der Waals surface area contributed by atoms with Gasteiger partial charge in [-0.3, -0.25) is 9.69 Å². The predicted octanol–water partition coefficient (Wildman–Crippen LogP) is 2.80. The zero-order valence-electron chi connectivity index (χ0n) is 13.7. The van der Waals surface area contributed by atoms with E-state index in [0.717, 1.165) is 36.8 Å². The molecule has 3 rings (SSSR count). The van der Waals surface area contributed by atoms with Gasteiger partial charge in [0.25, 0.3) is 0 Å². The first-order chi connectivity index (χ1) is 11.6. The van der Waals surface area contributed by atoms with Crippen molar-refractivity contribution in [1.29, 1.82) is 0 Å². The van der Waals surface area contributed by atoms with Crippen molar-refractivity contribution >= 4 is 29.0 Å². The maximum atomic E-state index is 12.1. The van der Waals surface area contributed by atoms with Crippen LogP contribution >= 0.6 is 11.6 Å². The van der Waals surface area contributed by atoms with Crippen molar-refractivity contribution in [3.63, 3.8) is 0 Å². The van der Waals surface area contributed by atoms with Gasteiger partial charge in [-0.1, -0.05) is 17.7 Å². The van der Waals surface area contributed by atoms with Gasteiger partial charge in [-0.25, -0.2) is 4.98 Å². The maximum Gasteiger partial charge on any atom is 0.239 e. The number of aromatic nitrogens is 1. The van der Waals surface area contributed by atoms with E-state index in [4.69, 9.17) is 11.6 Å². The Morgan fingerprint density at radius 1 is 1.12 bits per heavy atom. The fraction of sp³-hybridized carbons (Fsp3) is 0.333. The summed E-state index contributed by atoms with van der Waals surface area (Å²) in [5.41, 5.74) is 2.25. The number of anilines is 2. The van der Waals surface area contributed by atoms with Crippen LogP contribution in [-0.4, -0.2) is 48.5 Å². The summed E-state index contributed by atoms with van der Waals surface area (Å²) in [5, 5.41) is 3.59. The van der Waals surface area contributed by atoms with Gasteiger partial charge in [0.15, 0.2) is 0 Å². The van der Waals surface area contributed by atoms with Crippen LogP contribution in [0.2, 0.25) is 5.02 Å². The lowest BCUT2D eigenvalue weighted by molar-refractivity contribution is -0.117. The van der Waals surface area contributed by atoms with E-state index in [9.17, 15) is 4.79 Å². The van der Waals surface area contributed by atoms with E-state index in [1.807, 2.05) is 43.3 Å². The van der Waals surface area contributed by atoms with Crippen LogP contribution in [0.25, 0.3) is 0 Å². The second-order valence-corrected chi connectivity index (χ2v) is 6.45. The van der Waals surface area contributed by atoms with Crippen molar-refractivity contribution < 1.29 is 4.79 Å². The molecule has 0 unspecified atom stereocenters. The van der Waals surface area contributed by atoms with Crippen molar-refractivity contribution in [2.75, 3.05) is 42.9 Å². The lowest BCUT2D eigenvalue weighted by Gasteiger charge is -2.35. The normalized spacial score (nSPS) is 15.3. The highest BCUT2D eigenvalue weighted by atomic mass is 35.5. The largest absolute Gasteiger partial charge is 0.369 e. The number of carbonyl (C=O) groups is 1. The molecule has 126 valence electrons. The van der Waals surface area contributed by atoms with Crippen LogP contribution in [0, 0.1) is 6.92 Å². The van der Waals surface area contributed by atoms with Crippen LogP contribution in [-0.2, 0) is 4.79 Å².